The highest BCUT2D eigenvalue weighted by atomic mass is 35.5. The summed E-state index contributed by atoms with van der Waals surface area (Å²) >= 11 is 13.3. The Morgan fingerprint density at radius 1 is 0.903 bits per heavy atom. The van der Waals surface area contributed by atoms with Crippen LogP contribution in [0.25, 0.3) is 10.9 Å². The zero-order chi connectivity index (χ0) is 21.6. The van der Waals surface area contributed by atoms with Gasteiger partial charge in [0.25, 0.3) is 0 Å². The molecule has 0 atom stereocenters. The van der Waals surface area contributed by atoms with Crippen molar-refractivity contribution in [3.8, 4) is 0 Å². The third kappa shape index (κ3) is 5.67. The molecule has 31 heavy (non-hydrogen) atoms. The van der Waals surface area contributed by atoms with Gasteiger partial charge in [-0.25, -0.2) is 9.97 Å². The molecule has 1 heterocycles. The second kappa shape index (κ2) is 10.0. The molecule has 0 saturated heterocycles. The Labute approximate surface area is 194 Å². The summed E-state index contributed by atoms with van der Waals surface area (Å²) in [6.45, 7) is 0.593. The highest BCUT2D eigenvalue weighted by Crippen LogP contribution is 2.26. The molecule has 0 aliphatic heterocycles. The van der Waals surface area contributed by atoms with E-state index < -0.39 is 0 Å². The number of rotatable bonds is 7. The summed E-state index contributed by atoms with van der Waals surface area (Å²) in [7, 11) is 0. The number of carbonyl (C=O) groups is 1. The monoisotopic (exact) mass is 468 g/mol. The van der Waals surface area contributed by atoms with E-state index in [0.29, 0.717) is 27.4 Å². The van der Waals surface area contributed by atoms with Gasteiger partial charge in [-0.05, 0) is 42.0 Å². The van der Waals surface area contributed by atoms with Crippen molar-refractivity contribution in [3.63, 3.8) is 0 Å². The van der Waals surface area contributed by atoms with Gasteiger partial charge in [0.05, 0.1) is 22.0 Å². The van der Waals surface area contributed by atoms with E-state index in [1.54, 1.807) is 12.1 Å². The molecule has 5 nitrogen and oxygen atoms in total. The molecule has 1 aromatic heterocycles. The average molecular weight is 469 g/mol. The number of benzene rings is 3. The molecule has 0 aliphatic carbocycles. The van der Waals surface area contributed by atoms with Crippen LogP contribution in [0.15, 0.2) is 78.0 Å². The van der Waals surface area contributed by atoms with Crippen molar-refractivity contribution in [2.45, 2.75) is 11.7 Å². The Balaban J connectivity index is 1.48. The van der Waals surface area contributed by atoms with E-state index in [-0.39, 0.29) is 11.7 Å². The van der Waals surface area contributed by atoms with E-state index in [0.717, 1.165) is 22.3 Å². The van der Waals surface area contributed by atoms with Crippen molar-refractivity contribution in [1.82, 2.24) is 9.97 Å². The summed E-state index contributed by atoms with van der Waals surface area (Å²) in [6.07, 6.45) is 0. The van der Waals surface area contributed by atoms with Gasteiger partial charge in [-0.2, -0.15) is 0 Å². The molecule has 3 aromatic carbocycles. The number of fused-ring (bicyclic) bond motifs is 1. The molecule has 8 heteroatoms. The number of nitrogens with one attached hydrogen (secondary N) is 2. The van der Waals surface area contributed by atoms with Gasteiger partial charge < -0.3 is 10.6 Å². The Morgan fingerprint density at radius 3 is 2.45 bits per heavy atom. The molecule has 4 aromatic rings. The number of hydrogen-bond donors (Lipinski definition) is 2. The van der Waals surface area contributed by atoms with Gasteiger partial charge in [-0.15, -0.1) is 0 Å². The van der Waals surface area contributed by atoms with Crippen molar-refractivity contribution < 1.29 is 4.79 Å². The lowest BCUT2D eigenvalue weighted by atomic mass is 10.2. The fourth-order valence-corrected chi connectivity index (χ4v) is 3.88. The second-order valence-electron chi connectivity index (χ2n) is 6.67. The third-order valence-electron chi connectivity index (χ3n) is 4.44. The van der Waals surface area contributed by atoms with Crippen molar-refractivity contribution in [2.24, 2.45) is 0 Å². The maximum Gasteiger partial charge on any atom is 0.234 e. The zero-order valence-electron chi connectivity index (χ0n) is 16.3. The van der Waals surface area contributed by atoms with Crippen LogP contribution in [0.5, 0.6) is 0 Å². The Bertz CT molecular complexity index is 1220. The largest absolute Gasteiger partial charge is 0.365 e. The van der Waals surface area contributed by atoms with Crippen LogP contribution in [0.1, 0.15) is 5.56 Å². The summed E-state index contributed by atoms with van der Waals surface area (Å²) in [4.78, 5) is 21.6. The number of amides is 1. The zero-order valence-corrected chi connectivity index (χ0v) is 18.6. The number of nitrogens with zero attached hydrogens (tertiary/aromatic N) is 2. The number of para-hydroxylation sites is 2. The maximum atomic E-state index is 12.4. The summed E-state index contributed by atoms with van der Waals surface area (Å²) < 4.78 is 0. The standard InChI is InChI=1S/C23H18Cl2N4OS/c24-16-11-9-15(10-12-16)13-26-22-17-5-1-3-7-19(17)28-23(29-22)31-14-21(30)27-20-8-4-2-6-18(20)25/h1-12H,13-14H2,(H,27,30)(H,26,28,29). The number of carbonyl (C=O) groups excluding carboxylic acids is 1. The minimum Gasteiger partial charge on any atom is -0.365 e. The predicted octanol–water partition coefficient (Wildman–Crippen LogP) is 6.28. The van der Waals surface area contributed by atoms with Gasteiger partial charge >= 0.3 is 0 Å². The molecular formula is C23H18Cl2N4OS. The molecule has 1 amide bonds. The number of halogens is 2. The third-order valence-corrected chi connectivity index (χ3v) is 5.87. The molecule has 0 fully saturated rings. The van der Waals surface area contributed by atoms with E-state index in [2.05, 4.69) is 20.6 Å². The second-order valence-corrected chi connectivity index (χ2v) is 8.45. The van der Waals surface area contributed by atoms with Crippen molar-refractivity contribution in [2.75, 3.05) is 16.4 Å². The molecular weight excluding hydrogens is 451 g/mol. The molecule has 0 aliphatic rings. The first kappa shape index (κ1) is 21.4. The lowest BCUT2D eigenvalue weighted by Crippen LogP contribution is -2.14. The predicted molar refractivity (Wildman–Crippen MR) is 129 cm³/mol. The number of thioether (sulfide) groups is 1. The van der Waals surface area contributed by atoms with Crippen LogP contribution in [-0.4, -0.2) is 21.6 Å². The Morgan fingerprint density at radius 2 is 1.65 bits per heavy atom. The van der Waals surface area contributed by atoms with Crippen molar-refractivity contribution >= 4 is 63.3 Å². The van der Waals surface area contributed by atoms with E-state index in [9.17, 15) is 4.79 Å². The number of aromatic nitrogens is 2. The van der Waals surface area contributed by atoms with Gasteiger partial charge in [-0.1, -0.05) is 71.4 Å². The normalized spacial score (nSPS) is 10.8. The van der Waals surface area contributed by atoms with Crippen LogP contribution in [0, 0.1) is 0 Å². The van der Waals surface area contributed by atoms with Gasteiger partial charge in [-0.3, -0.25) is 4.79 Å². The highest BCUT2D eigenvalue weighted by Gasteiger charge is 2.11. The van der Waals surface area contributed by atoms with Crippen LogP contribution in [-0.2, 0) is 11.3 Å². The lowest BCUT2D eigenvalue weighted by Gasteiger charge is -2.11. The molecule has 0 bridgehead atoms. The van der Waals surface area contributed by atoms with Crippen LogP contribution in [0.3, 0.4) is 0 Å². The molecule has 0 spiro atoms. The minimum absolute atomic E-state index is 0.167. The van der Waals surface area contributed by atoms with Crippen LogP contribution in [0.2, 0.25) is 10.0 Å². The topological polar surface area (TPSA) is 66.9 Å². The summed E-state index contributed by atoms with van der Waals surface area (Å²) in [6, 6.07) is 22.5. The molecule has 0 saturated carbocycles. The SMILES string of the molecule is O=C(CSc1nc(NCc2ccc(Cl)cc2)c2ccccc2n1)Nc1ccccc1Cl. The maximum absolute atomic E-state index is 12.4. The molecule has 4 rings (SSSR count). The molecule has 0 radical (unpaired) electrons. The van der Waals surface area contributed by atoms with E-state index >= 15 is 0 Å². The van der Waals surface area contributed by atoms with Crippen LogP contribution in [0.4, 0.5) is 11.5 Å². The number of anilines is 2. The van der Waals surface area contributed by atoms with Crippen molar-refractivity contribution in [1.29, 1.82) is 0 Å². The van der Waals surface area contributed by atoms with Gasteiger partial charge in [0.1, 0.15) is 5.82 Å². The van der Waals surface area contributed by atoms with E-state index in [1.807, 2.05) is 60.7 Å². The smallest absolute Gasteiger partial charge is 0.234 e. The first-order chi connectivity index (χ1) is 15.1. The molecule has 2 N–H and O–H groups in total. The van der Waals surface area contributed by atoms with Crippen LogP contribution < -0.4 is 10.6 Å². The Hall–Kier alpha value is -2.80. The Kier molecular flexibility index (Phi) is 6.92. The fraction of sp³-hybridized carbons (Fsp3) is 0.0870. The average Bonchev–Trinajstić information content (AvgIpc) is 2.78. The minimum atomic E-state index is -0.175. The van der Waals surface area contributed by atoms with E-state index in [1.165, 1.54) is 11.8 Å². The van der Waals surface area contributed by atoms with Crippen LogP contribution >= 0.6 is 35.0 Å². The van der Waals surface area contributed by atoms with E-state index in [4.69, 9.17) is 23.2 Å². The molecule has 0 unspecified atom stereocenters. The van der Waals surface area contributed by atoms with Gasteiger partial charge in [0, 0.05) is 17.0 Å². The summed E-state index contributed by atoms with van der Waals surface area (Å²) in [5.74, 6) is 0.709. The molecule has 156 valence electrons. The summed E-state index contributed by atoms with van der Waals surface area (Å²) in [5.41, 5.74) is 2.48. The van der Waals surface area contributed by atoms with Crippen molar-refractivity contribution in [3.05, 3.63) is 88.4 Å². The first-order valence-corrected chi connectivity index (χ1v) is 11.2. The van der Waals surface area contributed by atoms with Gasteiger partial charge in [0.15, 0.2) is 5.16 Å². The lowest BCUT2D eigenvalue weighted by molar-refractivity contribution is -0.113. The quantitative estimate of drug-likeness (QED) is 0.246. The summed E-state index contributed by atoms with van der Waals surface area (Å²) in [5, 5.41) is 8.82. The van der Waals surface area contributed by atoms with Gasteiger partial charge in [0.2, 0.25) is 5.91 Å². The number of hydrogen-bond acceptors (Lipinski definition) is 5. The highest BCUT2D eigenvalue weighted by molar-refractivity contribution is 7.99. The first-order valence-electron chi connectivity index (χ1n) is 9.51. The fourth-order valence-electron chi connectivity index (χ4n) is 2.92.